The Morgan fingerprint density at radius 2 is 1.57 bits per heavy atom. The standard InChI is InChI=1S/C36H62O10/c1-18(14-20(38)29(43)32(4,5)44)19-8-13-36-17-35(19,36)12-9-22-33(6)11-10-24(39)31(2,3)23(33)15-25(34(22,36)7)46-30-28(42)27(41)26(40)21(16-37)45-30/h18-30,37-44H,8-17H2,1-7H3/t18-,19?,20+,21?,22?,23?,24-,25-,26?,27?,28?,29-,30?,33+,34-,35-,36-/m0/s1. The van der Waals surface area contributed by atoms with Gasteiger partial charge in [0.05, 0.1) is 30.5 Å². The number of hydrogen-bond acceptors (Lipinski definition) is 10. The fourth-order valence-corrected chi connectivity index (χ4v) is 13.1. The van der Waals surface area contributed by atoms with Crippen molar-refractivity contribution in [3.05, 3.63) is 0 Å². The van der Waals surface area contributed by atoms with E-state index in [1.165, 1.54) is 13.8 Å². The number of hydrogen-bond donors (Lipinski definition) is 8. The number of aliphatic hydroxyl groups excluding tert-OH is 7. The Morgan fingerprint density at radius 3 is 2.20 bits per heavy atom. The van der Waals surface area contributed by atoms with Gasteiger partial charge in [-0.05, 0) is 117 Å². The van der Waals surface area contributed by atoms with Crippen LogP contribution < -0.4 is 0 Å². The van der Waals surface area contributed by atoms with Crippen LogP contribution in [0.3, 0.4) is 0 Å². The zero-order valence-electron chi connectivity index (χ0n) is 29.0. The lowest BCUT2D eigenvalue weighted by Gasteiger charge is -2.69. The molecule has 0 bridgehead atoms. The first-order valence-corrected chi connectivity index (χ1v) is 18.0. The summed E-state index contributed by atoms with van der Waals surface area (Å²) in [5, 5.41) is 85.2. The van der Waals surface area contributed by atoms with Gasteiger partial charge < -0.3 is 50.3 Å². The van der Waals surface area contributed by atoms with E-state index >= 15 is 0 Å². The van der Waals surface area contributed by atoms with Crippen molar-refractivity contribution in [2.24, 2.45) is 50.7 Å². The highest BCUT2D eigenvalue weighted by Gasteiger charge is 2.85. The van der Waals surface area contributed by atoms with Gasteiger partial charge in [0, 0.05) is 5.41 Å². The molecule has 1 aliphatic heterocycles. The lowest BCUT2D eigenvalue weighted by molar-refractivity contribution is -0.344. The molecule has 5 aliphatic carbocycles. The van der Waals surface area contributed by atoms with Crippen LogP contribution in [0, 0.1) is 50.7 Å². The maximum atomic E-state index is 11.2. The first kappa shape index (κ1) is 35.4. The molecule has 17 atom stereocenters. The summed E-state index contributed by atoms with van der Waals surface area (Å²) in [6, 6.07) is 0. The lowest BCUT2D eigenvalue weighted by atomic mass is 9.37. The molecular formula is C36H62O10. The first-order chi connectivity index (χ1) is 21.2. The Labute approximate surface area is 274 Å². The summed E-state index contributed by atoms with van der Waals surface area (Å²) < 4.78 is 12.8. The van der Waals surface area contributed by atoms with Gasteiger partial charge in [0.2, 0.25) is 0 Å². The maximum absolute atomic E-state index is 11.2. The third-order valence-electron chi connectivity index (χ3n) is 15.6. The summed E-state index contributed by atoms with van der Waals surface area (Å²) in [6.45, 7) is 13.8. The van der Waals surface area contributed by atoms with Gasteiger partial charge in [-0.3, -0.25) is 0 Å². The minimum Gasteiger partial charge on any atom is -0.394 e. The number of aliphatic hydroxyl groups is 8. The normalized spacial score (nSPS) is 53.3. The molecule has 266 valence electrons. The second kappa shape index (κ2) is 11.3. The fraction of sp³-hybridized carbons (Fsp3) is 1.00. The van der Waals surface area contributed by atoms with Gasteiger partial charge in [-0.25, -0.2) is 0 Å². The molecule has 46 heavy (non-hydrogen) atoms. The Balaban J connectivity index is 1.35. The minimum absolute atomic E-state index is 0.0331. The van der Waals surface area contributed by atoms with E-state index < -0.39 is 61.2 Å². The highest BCUT2D eigenvalue weighted by atomic mass is 16.7. The van der Waals surface area contributed by atoms with Crippen molar-refractivity contribution >= 4 is 0 Å². The van der Waals surface area contributed by atoms with Gasteiger partial charge in [-0.15, -0.1) is 0 Å². The van der Waals surface area contributed by atoms with E-state index in [0.29, 0.717) is 18.8 Å². The van der Waals surface area contributed by atoms with E-state index in [1.54, 1.807) is 0 Å². The molecule has 6 fully saturated rings. The molecule has 6 rings (SSSR count). The highest BCUT2D eigenvalue weighted by Crippen LogP contribution is 2.91. The topological polar surface area (TPSA) is 180 Å². The average Bonchev–Trinajstić information content (AvgIpc) is 3.55. The van der Waals surface area contributed by atoms with E-state index in [1.807, 2.05) is 0 Å². The third kappa shape index (κ3) is 4.71. The van der Waals surface area contributed by atoms with Crippen molar-refractivity contribution in [1.29, 1.82) is 0 Å². The third-order valence-corrected chi connectivity index (χ3v) is 15.6. The maximum Gasteiger partial charge on any atom is 0.186 e. The molecule has 10 nitrogen and oxygen atoms in total. The summed E-state index contributed by atoms with van der Waals surface area (Å²) in [7, 11) is 0. The number of ether oxygens (including phenoxy) is 2. The summed E-state index contributed by atoms with van der Waals surface area (Å²) in [6.07, 6.45) is -1.90. The van der Waals surface area contributed by atoms with Crippen molar-refractivity contribution < 1.29 is 50.3 Å². The van der Waals surface area contributed by atoms with Gasteiger partial charge in [-0.2, -0.15) is 0 Å². The Morgan fingerprint density at radius 1 is 0.891 bits per heavy atom. The predicted molar refractivity (Wildman–Crippen MR) is 169 cm³/mol. The molecule has 1 saturated heterocycles. The molecule has 5 saturated carbocycles. The fourth-order valence-electron chi connectivity index (χ4n) is 13.1. The number of fused-ring (bicyclic) bond motifs is 3. The van der Waals surface area contributed by atoms with Crippen LogP contribution in [0.4, 0.5) is 0 Å². The van der Waals surface area contributed by atoms with Gasteiger partial charge in [0.25, 0.3) is 0 Å². The smallest absolute Gasteiger partial charge is 0.186 e. The van der Waals surface area contributed by atoms with Crippen molar-refractivity contribution in [3.63, 3.8) is 0 Å². The zero-order valence-corrected chi connectivity index (χ0v) is 29.0. The van der Waals surface area contributed by atoms with E-state index in [-0.39, 0.29) is 50.9 Å². The first-order valence-electron chi connectivity index (χ1n) is 18.0. The van der Waals surface area contributed by atoms with E-state index in [2.05, 4.69) is 34.6 Å². The van der Waals surface area contributed by atoms with Crippen LogP contribution in [-0.2, 0) is 9.47 Å². The summed E-state index contributed by atoms with van der Waals surface area (Å²) >= 11 is 0. The molecule has 8 unspecified atom stereocenters. The average molecular weight is 655 g/mol. The molecule has 10 heteroatoms. The number of rotatable bonds is 8. The van der Waals surface area contributed by atoms with Crippen molar-refractivity contribution in [1.82, 2.24) is 0 Å². The monoisotopic (exact) mass is 654 g/mol. The van der Waals surface area contributed by atoms with Crippen LogP contribution in [0.5, 0.6) is 0 Å². The molecule has 6 aliphatic rings. The van der Waals surface area contributed by atoms with Crippen LogP contribution in [0.2, 0.25) is 0 Å². The molecule has 0 aromatic rings. The van der Waals surface area contributed by atoms with Gasteiger partial charge in [0.15, 0.2) is 6.29 Å². The summed E-state index contributed by atoms with van der Waals surface area (Å²) in [5.41, 5.74) is -2.08. The predicted octanol–water partition coefficient (Wildman–Crippen LogP) is 2.10. The summed E-state index contributed by atoms with van der Waals surface area (Å²) in [5.74, 6) is 0.913. The molecule has 0 aromatic carbocycles. The zero-order chi connectivity index (χ0) is 34.0. The quantitative estimate of drug-likeness (QED) is 0.181. The van der Waals surface area contributed by atoms with Gasteiger partial charge in [-0.1, -0.05) is 34.6 Å². The molecule has 8 N–H and O–H groups in total. The highest BCUT2D eigenvalue weighted by molar-refractivity contribution is 5.33. The van der Waals surface area contributed by atoms with Crippen LogP contribution >= 0.6 is 0 Å². The van der Waals surface area contributed by atoms with Crippen LogP contribution in [0.1, 0.15) is 106 Å². The molecule has 0 aromatic heterocycles. The SMILES string of the molecule is C[C@@H](C[C@@H](O)[C@H](O)C(C)(C)O)C1CC[C@@]23C[C@@]12CCC1[C@@]2(C)CC[C@H](O)C(C)(C)C2C[C@H](OC2OC(CO)C(O)C(O)C2O)[C@]13C. The van der Waals surface area contributed by atoms with E-state index in [4.69, 9.17) is 9.47 Å². The second-order valence-electron chi connectivity index (χ2n) is 18.3. The second-order valence-corrected chi connectivity index (χ2v) is 18.3. The summed E-state index contributed by atoms with van der Waals surface area (Å²) in [4.78, 5) is 0. The lowest BCUT2D eigenvalue weighted by Crippen LogP contribution is -2.68. The molecular weight excluding hydrogens is 592 g/mol. The van der Waals surface area contributed by atoms with Crippen molar-refractivity contribution in [2.75, 3.05) is 6.61 Å². The Bertz CT molecular complexity index is 1140. The molecule has 0 spiro atoms. The minimum atomic E-state index is -1.52. The van der Waals surface area contributed by atoms with E-state index in [0.717, 1.165) is 44.9 Å². The van der Waals surface area contributed by atoms with E-state index in [9.17, 15) is 40.9 Å². The molecule has 0 radical (unpaired) electrons. The van der Waals surface area contributed by atoms with Crippen LogP contribution in [0.25, 0.3) is 0 Å². The molecule has 0 amide bonds. The largest absolute Gasteiger partial charge is 0.394 e. The van der Waals surface area contributed by atoms with Crippen molar-refractivity contribution in [2.45, 2.75) is 167 Å². The Kier molecular flexibility index (Phi) is 8.71. The van der Waals surface area contributed by atoms with Crippen LogP contribution in [0.15, 0.2) is 0 Å². The van der Waals surface area contributed by atoms with Crippen molar-refractivity contribution in [3.8, 4) is 0 Å². The van der Waals surface area contributed by atoms with Crippen LogP contribution in [-0.4, -0.2) is 108 Å². The van der Waals surface area contributed by atoms with Gasteiger partial charge >= 0.3 is 0 Å². The molecule has 1 heterocycles. The Hall–Kier alpha value is -0.400. The van der Waals surface area contributed by atoms with Gasteiger partial charge in [0.1, 0.15) is 30.5 Å².